The summed E-state index contributed by atoms with van der Waals surface area (Å²) >= 11 is 0.109. The summed E-state index contributed by atoms with van der Waals surface area (Å²) < 4.78 is 6.75. The average Bonchev–Trinajstić information content (AvgIpc) is 3.04. The topological polar surface area (TPSA) is 0 Å². The van der Waals surface area contributed by atoms with Crippen molar-refractivity contribution in [2.24, 2.45) is 0 Å². The van der Waals surface area contributed by atoms with Gasteiger partial charge in [-0.05, 0) is 0 Å². The van der Waals surface area contributed by atoms with E-state index in [9.17, 15) is 0 Å². The molecule has 0 aliphatic heterocycles. The van der Waals surface area contributed by atoms with Crippen LogP contribution in [-0.4, -0.2) is 18.4 Å². The van der Waals surface area contributed by atoms with Gasteiger partial charge in [0, 0.05) is 0 Å². The predicted octanol–water partition coefficient (Wildman–Crippen LogP) is 7.54. The second-order valence-corrected chi connectivity index (χ2v) is 22.6. The molecule has 1 aromatic heterocycles. The third kappa shape index (κ3) is 7.50. The van der Waals surface area contributed by atoms with Crippen molar-refractivity contribution >= 4 is 32.6 Å². The van der Waals surface area contributed by atoms with Gasteiger partial charge in [0.25, 0.3) is 0 Å². The van der Waals surface area contributed by atoms with E-state index in [1.807, 2.05) is 2.89 Å². The molecule has 0 radical (unpaired) electrons. The normalized spacial score (nSPS) is 12.0. The zero-order valence-corrected chi connectivity index (χ0v) is 19.9. The number of unbranched alkanes of at least 4 members (excludes halogenated alkanes) is 5. The monoisotopic (exact) mass is 444 g/mol. The summed E-state index contributed by atoms with van der Waals surface area (Å²) in [5.41, 5.74) is 0. The van der Waals surface area contributed by atoms with E-state index < -0.39 is 18.4 Å². The molecule has 0 fully saturated rings. The van der Waals surface area contributed by atoms with Crippen molar-refractivity contribution in [2.45, 2.75) is 105 Å². The van der Waals surface area contributed by atoms with Crippen molar-refractivity contribution < 1.29 is 0 Å². The predicted molar refractivity (Wildman–Crippen MR) is 112 cm³/mol. The summed E-state index contributed by atoms with van der Waals surface area (Å²) in [6.07, 6.45) is 14.0. The Hall–Kier alpha value is 0.499. The van der Waals surface area contributed by atoms with Gasteiger partial charge in [-0.1, -0.05) is 0 Å². The van der Waals surface area contributed by atoms with Gasteiger partial charge < -0.3 is 0 Å². The standard InChI is InChI=1S/C9H13S.3C4H9.Sn/c1-2-3-4-6-9-7-5-8-10-9;3*1-3-4-2;/h5,7H,2-4,6H2,1H3;3*1,3-4H2,2H3;. The molecular weight excluding hydrogens is 403 g/mol. The molecular formula is C21H40SSn. The second kappa shape index (κ2) is 12.8. The first-order valence-electron chi connectivity index (χ1n) is 10.3. The summed E-state index contributed by atoms with van der Waals surface area (Å²) in [6.45, 7) is 9.43. The molecule has 0 saturated carbocycles. The molecule has 0 aliphatic carbocycles. The molecule has 0 nitrogen and oxygen atoms in total. The van der Waals surface area contributed by atoms with Crippen molar-refractivity contribution in [3.05, 3.63) is 17.0 Å². The molecule has 23 heavy (non-hydrogen) atoms. The van der Waals surface area contributed by atoms with Gasteiger partial charge in [0.2, 0.25) is 0 Å². The molecule has 1 aromatic rings. The van der Waals surface area contributed by atoms with E-state index in [0.717, 1.165) is 0 Å². The maximum absolute atomic E-state index is 2.59. The van der Waals surface area contributed by atoms with E-state index in [0.29, 0.717) is 0 Å². The van der Waals surface area contributed by atoms with Crippen molar-refractivity contribution in [2.75, 3.05) is 0 Å². The van der Waals surface area contributed by atoms with Gasteiger partial charge in [0.05, 0.1) is 0 Å². The van der Waals surface area contributed by atoms with E-state index >= 15 is 0 Å². The summed E-state index contributed by atoms with van der Waals surface area (Å²) in [5.74, 6) is 0. The first kappa shape index (κ1) is 21.5. The van der Waals surface area contributed by atoms with Crippen LogP contribution in [0.2, 0.25) is 13.3 Å². The van der Waals surface area contributed by atoms with Crippen LogP contribution in [0, 0.1) is 0 Å². The van der Waals surface area contributed by atoms with Crippen LogP contribution in [0.3, 0.4) is 0 Å². The molecule has 0 N–H and O–H groups in total. The Morgan fingerprint density at radius 2 is 1.22 bits per heavy atom. The minimum absolute atomic E-state index is 1.33. The fourth-order valence-corrected chi connectivity index (χ4v) is 24.0. The molecule has 134 valence electrons. The zero-order chi connectivity index (χ0) is 17.0. The summed E-state index contributed by atoms with van der Waals surface area (Å²) in [7, 11) is 0. The van der Waals surface area contributed by atoms with E-state index in [4.69, 9.17) is 0 Å². The molecule has 1 heterocycles. The van der Waals surface area contributed by atoms with Crippen LogP contribution in [0.5, 0.6) is 0 Å². The van der Waals surface area contributed by atoms with Gasteiger partial charge >= 0.3 is 155 Å². The minimum atomic E-state index is -2.13. The van der Waals surface area contributed by atoms with Gasteiger partial charge in [0.15, 0.2) is 0 Å². The van der Waals surface area contributed by atoms with E-state index in [1.165, 1.54) is 64.2 Å². The Kier molecular flexibility index (Phi) is 12.0. The Bertz CT molecular complexity index is 375. The van der Waals surface area contributed by atoms with Crippen LogP contribution >= 0.6 is 11.3 Å². The third-order valence-electron chi connectivity index (χ3n) is 5.24. The third-order valence-corrected chi connectivity index (χ3v) is 24.7. The number of hydrogen-bond acceptors (Lipinski definition) is 1. The van der Waals surface area contributed by atoms with Gasteiger partial charge in [-0.3, -0.25) is 0 Å². The fourth-order valence-electron chi connectivity index (χ4n) is 3.64. The zero-order valence-electron chi connectivity index (χ0n) is 16.3. The van der Waals surface area contributed by atoms with Crippen LogP contribution in [0.4, 0.5) is 0 Å². The molecule has 0 bridgehead atoms. The number of thiophene rings is 1. The first-order chi connectivity index (χ1) is 11.2. The van der Waals surface area contributed by atoms with Crippen molar-refractivity contribution in [1.29, 1.82) is 0 Å². The summed E-state index contributed by atoms with van der Waals surface area (Å²) in [5, 5.41) is 0. The van der Waals surface area contributed by atoms with Crippen LogP contribution < -0.4 is 2.89 Å². The molecule has 0 unspecified atom stereocenters. The SMILES string of the molecule is CCCCCc1cc[c]([Sn]([CH2]CCC)([CH2]CCC)[CH2]CCC)s1. The van der Waals surface area contributed by atoms with Crippen LogP contribution in [0.1, 0.15) is 90.4 Å². The number of aryl methyl sites for hydroxylation is 1. The van der Waals surface area contributed by atoms with E-state index in [1.54, 1.807) is 18.2 Å². The molecule has 0 aromatic carbocycles. The Labute approximate surface area is 154 Å². The van der Waals surface area contributed by atoms with Crippen molar-refractivity contribution in [3.8, 4) is 0 Å². The number of rotatable bonds is 14. The average molecular weight is 443 g/mol. The summed E-state index contributed by atoms with van der Waals surface area (Å²) in [6, 6.07) is 5.08. The Balaban J connectivity index is 2.89. The van der Waals surface area contributed by atoms with Gasteiger partial charge in [0.1, 0.15) is 0 Å². The van der Waals surface area contributed by atoms with Gasteiger partial charge in [-0.2, -0.15) is 0 Å². The van der Waals surface area contributed by atoms with Crippen molar-refractivity contribution in [1.82, 2.24) is 0 Å². The fraction of sp³-hybridized carbons (Fsp3) is 0.810. The van der Waals surface area contributed by atoms with Crippen LogP contribution in [0.15, 0.2) is 12.1 Å². The molecule has 0 spiro atoms. The Morgan fingerprint density at radius 3 is 1.70 bits per heavy atom. The maximum atomic E-state index is 2.59. The molecule has 0 amide bonds. The molecule has 0 atom stereocenters. The van der Waals surface area contributed by atoms with Crippen LogP contribution in [-0.2, 0) is 6.42 Å². The van der Waals surface area contributed by atoms with Crippen LogP contribution in [0.25, 0.3) is 0 Å². The second-order valence-electron chi connectivity index (χ2n) is 7.31. The molecule has 1 rings (SSSR count). The van der Waals surface area contributed by atoms with Crippen molar-refractivity contribution in [3.63, 3.8) is 0 Å². The summed E-state index contributed by atoms with van der Waals surface area (Å²) in [4.78, 5) is 1.68. The molecule has 2 heteroatoms. The Morgan fingerprint density at radius 1 is 0.696 bits per heavy atom. The van der Waals surface area contributed by atoms with Gasteiger partial charge in [-0.15, -0.1) is 0 Å². The van der Waals surface area contributed by atoms with E-state index in [2.05, 4.69) is 51.2 Å². The quantitative estimate of drug-likeness (QED) is 0.206. The molecule has 0 saturated heterocycles. The van der Waals surface area contributed by atoms with Gasteiger partial charge in [-0.25, -0.2) is 0 Å². The number of hydrogen-bond donors (Lipinski definition) is 0. The van der Waals surface area contributed by atoms with E-state index in [-0.39, 0.29) is 0 Å². The first-order valence-corrected chi connectivity index (χ1v) is 18.6. The molecule has 0 aliphatic rings.